The number of carbonyl (C=O) groups excluding carboxylic acids is 1. The minimum absolute atomic E-state index is 0.129. The number of nitrogens with zero attached hydrogens (tertiary/aromatic N) is 4. The maximum absolute atomic E-state index is 12.3. The molecule has 3 unspecified atom stereocenters. The summed E-state index contributed by atoms with van der Waals surface area (Å²) in [5.41, 5.74) is 1.16. The van der Waals surface area contributed by atoms with Crippen molar-refractivity contribution in [3.05, 3.63) is 48.5 Å². The van der Waals surface area contributed by atoms with Gasteiger partial charge < -0.3 is 43.5 Å². The topological polar surface area (TPSA) is 248 Å². The molecule has 18 nitrogen and oxygen atoms in total. The zero-order chi connectivity index (χ0) is 30.8. The Morgan fingerprint density at radius 1 is 1.09 bits per heavy atom. The Morgan fingerprint density at radius 2 is 1.84 bits per heavy atom. The third-order valence-electron chi connectivity index (χ3n) is 6.34. The fraction of sp³-hybridized carbons (Fsp3) is 0.435. The number of aromatic nitrogens is 4. The molecule has 43 heavy (non-hydrogen) atoms. The standard InChI is InChI=1S/C23H28N6O12P2/c1-2-24-23(32)28-19-16-20(26-11-25-19)29(12-27-16)21-18-17(39-22(40-18)13-6-4-3-5-7-13)14(38-21)10-37-43(35,36)41-42(33,34)9-8-15(30)31/h3-7,11-12,14,17-18,21-22H,2,8-10H2,1H3,(H,30,31)(H,33,34)(H,35,36)(H2,24,25,26,28,32)/p-2/t14-,17?,18+,21-,22-/m1/s1. The molecular weight excluding hydrogens is 614 g/mol. The normalized spacial score (nSPS) is 26.0. The van der Waals surface area contributed by atoms with E-state index in [1.165, 1.54) is 17.2 Å². The van der Waals surface area contributed by atoms with Crippen molar-refractivity contribution in [2.75, 3.05) is 24.6 Å². The maximum atomic E-state index is 12.3. The second-order valence-corrected chi connectivity index (χ2v) is 12.8. The number of aliphatic carboxylic acids is 1. The highest BCUT2D eigenvalue weighted by Gasteiger charge is 2.54. The quantitative estimate of drug-likeness (QED) is 0.232. The lowest BCUT2D eigenvalue weighted by Gasteiger charge is -2.32. The lowest BCUT2D eigenvalue weighted by molar-refractivity contribution is -0.235. The molecule has 0 radical (unpaired) electrons. The van der Waals surface area contributed by atoms with Crippen molar-refractivity contribution in [1.82, 2.24) is 24.8 Å². The first-order chi connectivity index (χ1) is 20.5. The fourth-order valence-electron chi connectivity index (χ4n) is 4.52. The highest BCUT2D eigenvalue weighted by atomic mass is 31.3. The highest BCUT2D eigenvalue weighted by Crippen LogP contribution is 2.56. The average molecular weight is 640 g/mol. The van der Waals surface area contributed by atoms with E-state index in [2.05, 4.69) is 29.9 Å². The van der Waals surface area contributed by atoms with Gasteiger partial charge in [0.1, 0.15) is 32.2 Å². The molecule has 0 saturated carbocycles. The van der Waals surface area contributed by atoms with Crippen LogP contribution in [-0.4, -0.2) is 74.3 Å². The molecule has 232 valence electrons. The summed E-state index contributed by atoms with van der Waals surface area (Å²) in [5, 5.41) is 13.9. The molecule has 3 N–H and O–H groups in total. The number of urea groups is 1. The number of carboxylic acids is 1. The molecule has 20 heteroatoms. The molecule has 5 rings (SSSR count). The van der Waals surface area contributed by atoms with E-state index in [4.69, 9.17) is 23.8 Å². The van der Waals surface area contributed by atoms with Gasteiger partial charge in [0.25, 0.3) is 7.82 Å². The number of carbonyl (C=O) groups is 2. The second-order valence-electron chi connectivity index (χ2n) is 9.34. The van der Waals surface area contributed by atoms with Crippen LogP contribution in [0, 0.1) is 0 Å². The van der Waals surface area contributed by atoms with Crippen LogP contribution in [0.1, 0.15) is 31.4 Å². The Kier molecular flexibility index (Phi) is 9.22. The number of phosphoric ester groups is 1. The first-order valence-electron chi connectivity index (χ1n) is 12.9. The van der Waals surface area contributed by atoms with Gasteiger partial charge in [-0.25, -0.2) is 19.7 Å². The minimum Gasteiger partial charge on any atom is -0.778 e. The lowest BCUT2D eigenvalue weighted by Crippen LogP contribution is -2.32. The molecule has 2 aromatic heterocycles. The summed E-state index contributed by atoms with van der Waals surface area (Å²) in [6, 6.07) is 8.42. The number of anilines is 1. The van der Waals surface area contributed by atoms with E-state index < -0.39 is 77.4 Å². The monoisotopic (exact) mass is 640 g/mol. The third-order valence-corrected chi connectivity index (χ3v) is 9.37. The first kappa shape index (κ1) is 31.1. The van der Waals surface area contributed by atoms with Crippen molar-refractivity contribution in [2.24, 2.45) is 0 Å². The molecule has 3 aromatic rings. The van der Waals surface area contributed by atoms with Gasteiger partial charge in [0.05, 0.1) is 19.4 Å². The van der Waals surface area contributed by atoms with Crippen molar-refractivity contribution in [3.63, 3.8) is 0 Å². The number of ether oxygens (including phenoxy) is 3. The van der Waals surface area contributed by atoms with Crippen LogP contribution in [0.25, 0.3) is 11.2 Å². The summed E-state index contributed by atoms with van der Waals surface area (Å²) < 4.78 is 53.1. The number of rotatable bonds is 12. The van der Waals surface area contributed by atoms with Gasteiger partial charge in [0.2, 0.25) is 0 Å². The van der Waals surface area contributed by atoms with Gasteiger partial charge in [-0.2, -0.15) is 0 Å². The maximum Gasteiger partial charge on any atom is 0.320 e. The van der Waals surface area contributed by atoms with Gasteiger partial charge in [-0.15, -0.1) is 0 Å². The van der Waals surface area contributed by atoms with Crippen molar-refractivity contribution in [2.45, 2.75) is 44.2 Å². The summed E-state index contributed by atoms with van der Waals surface area (Å²) in [7, 11) is -10.6. The predicted octanol–water partition coefficient (Wildman–Crippen LogP) is 0.878. The smallest absolute Gasteiger partial charge is 0.320 e. The van der Waals surface area contributed by atoms with Crippen LogP contribution in [0.3, 0.4) is 0 Å². The molecule has 0 spiro atoms. The number of phosphoric acid groups is 1. The van der Waals surface area contributed by atoms with Gasteiger partial charge in [0, 0.05) is 18.3 Å². The average Bonchev–Trinajstić information content (AvgIpc) is 3.66. The Hall–Kier alpha value is -3.31. The van der Waals surface area contributed by atoms with Crippen molar-refractivity contribution in [1.29, 1.82) is 0 Å². The van der Waals surface area contributed by atoms with Crippen molar-refractivity contribution < 1.29 is 56.7 Å². The molecule has 4 heterocycles. The van der Waals surface area contributed by atoms with Crippen LogP contribution in [0.4, 0.5) is 10.6 Å². The molecule has 0 bridgehead atoms. The Bertz CT molecular complexity index is 1570. The van der Waals surface area contributed by atoms with Gasteiger partial charge in [-0.05, 0) is 6.92 Å². The van der Waals surface area contributed by atoms with Gasteiger partial charge >= 0.3 is 12.0 Å². The van der Waals surface area contributed by atoms with E-state index in [0.29, 0.717) is 12.1 Å². The van der Waals surface area contributed by atoms with Crippen molar-refractivity contribution in [3.8, 4) is 0 Å². The molecule has 7 atom stereocenters. The molecule has 2 saturated heterocycles. The second kappa shape index (κ2) is 12.7. The fourth-order valence-corrected chi connectivity index (χ4v) is 7.04. The zero-order valence-corrected chi connectivity index (χ0v) is 24.2. The van der Waals surface area contributed by atoms with Crippen LogP contribution in [-0.2, 0) is 37.0 Å². The Labute approximate surface area is 243 Å². The molecule has 1 aromatic carbocycles. The van der Waals surface area contributed by atoms with Gasteiger partial charge in [-0.3, -0.25) is 23.6 Å². The molecule has 2 fully saturated rings. The van der Waals surface area contributed by atoms with E-state index in [9.17, 15) is 28.5 Å². The summed E-state index contributed by atoms with van der Waals surface area (Å²) >= 11 is 0. The molecule has 2 amide bonds. The minimum atomic E-state index is -5.46. The van der Waals surface area contributed by atoms with E-state index in [-0.39, 0.29) is 17.0 Å². The van der Waals surface area contributed by atoms with E-state index in [0.717, 1.165) is 0 Å². The SMILES string of the molecule is CCNC(=O)Nc1ncnc2c1ncn2[C@@H]1O[C@H](COP(=O)([O-])OP(=O)([O-])CCC(=O)O)C2O[C@@H](c3ccccc3)O[C@@H]21. The number of hydrogen-bond acceptors (Lipinski definition) is 14. The molecule has 2 aliphatic heterocycles. The summed E-state index contributed by atoms with van der Waals surface area (Å²) in [4.78, 5) is 59.7. The summed E-state index contributed by atoms with van der Waals surface area (Å²) in [6.45, 7) is 1.40. The van der Waals surface area contributed by atoms with Crippen LogP contribution in [0.15, 0.2) is 43.0 Å². The third kappa shape index (κ3) is 7.26. The van der Waals surface area contributed by atoms with Crippen LogP contribution >= 0.6 is 15.4 Å². The largest absolute Gasteiger partial charge is 0.778 e. The first-order valence-corrected chi connectivity index (χ1v) is 16.1. The summed E-state index contributed by atoms with van der Waals surface area (Å²) in [5.74, 6) is -1.32. The van der Waals surface area contributed by atoms with Gasteiger partial charge in [0.15, 0.2) is 29.5 Å². The summed E-state index contributed by atoms with van der Waals surface area (Å²) in [6.07, 6.45) is -4.04. The van der Waals surface area contributed by atoms with E-state index >= 15 is 0 Å². The van der Waals surface area contributed by atoms with Crippen molar-refractivity contribution >= 4 is 44.4 Å². The number of benzene rings is 1. The van der Waals surface area contributed by atoms with Crippen LogP contribution in [0.2, 0.25) is 0 Å². The number of hydrogen-bond donors (Lipinski definition) is 3. The number of carboxylic acid groups (broad SMARTS) is 1. The Morgan fingerprint density at radius 3 is 2.56 bits per heavy atom. The highest BCUT2D eigenvalue weighted by molar-refractivity contribution is 7.62. The molecule has 0 aliphatic carbocycles. The Balaban J connectivity index is 1.38. The van der Waals surface area contributed by atoms with Crippen LogP contribution in [0.5, 0.6) is 0 Å². The number of amides is 2. The molecule has 2 aliphatic rings. The predicted molar refractivity (Wildman–Crippen MR) is 140 cm³/mol. The zero-order valence-electron chi connectivity index (χ0n) is 22.4. The number of fused-ring (bicyclic) bond motifs is 2. The van der Waals surface area contributed by atoms with E-state index in [1.54, 1.807) is 31.2 Å². The van der Waals surface area contributed by atoms with Gasteiger partial charge in [-0.1, -0.05) is 30.3 Å². The number of nitrogens with one attached hydrogen (secondary N) is 2. The van der Waals surface area contributed by atoms with E-state index in [1.807, 2.05) is 6.07 Å². The number of imidazole rings is 1. The van der Waals surface area contributed by atoms with Crippen LogP contribution < -0.4 is 20.4 Å². The molecular formula is C23H26N6O12P2-2. The lowest BCUT2D eigenvalue weighted by atomic mass is 10.1.